The highest BCUT2D eigenvalue weighted by Crippen LogP contribution is 2.40. The van der Waals surface area contributed by atoms with Crippen molar-refractivity contribution in [3.63, 3.8) is 0 Å². The number of allylic oxidation sites excluding steroid dienone is 1. The van der Waals surface area contributed by atoms with Crippen LogP contribution in [0.25, 0.3) is 16.5 Å². The van der Waals surface area contributed by atoms with Crippen LogP contribution in [0.15, 0.2) is 35.0 Å². The Morgan fingerprint density at radius 1 is 1.03 bits per heavy atom. The molecular formula is C25H29NO6. The van der Waals surface area contributed by atoms with E-state index in [4.69, 9.17) is 23.4 Å². The summed E-state index contributed by atoms with van der Waals surface area (Å²) in [6, 6.07) is 5.36. The lowest BCUT2D eigenvalue weighted by Gasteiger charge is -2.15. The summed E-state index contributed by atoms with van der Waals surface area (Å²) in [5, 5.41) is 3.86. The molecule has 1 heterocycles. The largest absolute Gasteiger partial charge is 0.493 e. The highest BCUT2D eigenvalue weighted by molar-refractivity contribution is 6.05. The third kappa shape index (κ3) is 4.37. The molecule has 0 saturated heterocycles. The van der Waals surface area contributed by atoms with Gasteiger partial charge in [-0.1, -0.05) is 0 Å². The van der Waals surface area contributed by atoms with E-state index in [0.717, 1.165) is 33.2 Å². The maximum Gasteiger partial charge on any atom is 0.248 e. The van der Waals surface area contributed by atoms with Crippen molar-refractivity contribution in [2.24, 2.45) is 0 Å². The van der Waals surface area contributed by atoms with Crippen LogP contribution in [0.2, 0.25) is 0 Å². The number of ether oxygens (including phenoxy) is 4. The average Bonchev–Trinajstić information content (AvgIpc) is 3.15. The van der Waals surface area contributed by atoms with Gasteiger partial charge >= 0.3 is 0 Å². The normalized spacial score (nSPS) is 11.4. The monoisotopic (exact) mass is 439 g/mol. The van der Waals surface area contributed by atoms with Crippen molar-refractivity contribution in [3.8, 4) is 23.0 Å². The second kappa shape index (κ2) is 9.68. The van der Waals surface area contributed by atoms with E-state index in [-0.39, 0.29) is 5.91 Å². The van der Waals surface area contributed by atoms with Crippen LogP contribution in [-0.4, -0.2) is 33.8 Å². The van der Waals surface area contributed by atoms with E-state index >= 15 is 0 Å². The quantitative estimate of drug-likeness (QED) is 0.466. The summed E-state index contributed by atoms with van der Waals surface area (Å²) >= 11 is 0. The molecule has 0 unspecified atom stereocenters. The predicted octanol–water partition coefficient (Wildman–Crippen LogP) is 5.52. The minimum absolute atomic E-state index is 0.291. The number of hydrogen-bond donors (Lipinski definition) is 1. The number of carbonyl (C=O) groups is 1. The molecule has 0 atom stereocenters. The third-order valence-corrected chi connectivity index (χ3v) is 5.23. The zero-order valence-corrected chi connectivity index (χ0v) is 19.5. The molecule has 7 heteroatoms. The maximum atomic E-state index is 12.8. The lowest BCUT2D eigenvalue weighted by atomic mass is 9.98. The van der Waals surface area contributed by atoms with Crippen LogP contribution in [0.1, 0.15) is 30.5 Å². The van der Waals surface area contributed by atoms with E-state index in [0.29, 0.717) is 35.3 Å². The number of rotatable bonds is 8. The maximum absolute atomic E-state index is 12.8. The van der Waals surface area contributed by atoms with Gasteiger partial charge in [-0.05, 0) is 44.9 Å². The standard InChI is InChI=1S/C25H29NO6/c1-8-31-23-16(4)24-19(15(3)13-32-24)12-18(23)14(2)9-22(27)26-17-10-20(28-5)25(30-7)21(11-17)29-6/h9-13H,8H2,1-7H3,(H,26,27)/b14-9+. The van der Waals surface area contributed by atoms with Gasteiger partial charge in [0.2, 0.25) is 11.7 Å². The molecule has 0 saturated carbocycles. The number of furan rings is 1. The van der Waals surface area contributed by atoms with E-state index in [1.54, 1.807) is 24.5 Å². The highest BCUT2D eigenvalue weighted by atomic mass is 16.5. The topological polar surface area (TPSA) is 79.2 Å². The molecule has 0 aliphatic carbocycles. The molecule has 3 aromatic rings. The Bertz CT molecular complexity index is 1150. The number of aryl methyl sites for hydroxylation is 2. The summed E-state index contributed by atoms with van der Waals surface area (Å²) in [5.74, 6) is 1.79. The zero-order valence-electron chi connectivity index (χ0n) is 19.5. The van der Waals surface area contributed by atoms with Crippen molar-refractivity contribution >= 4 is 28.1 Å². The van der Waals surface area contributed by atoms with Crippen molar-refractivity contribution in [2.45, 2.75) is 27.7 Å². The molecule has 7 nitrogen and oxygen atoms in total. The summed E-state index contributed by atoms with van der Waals surface area (Å²) in [6.07, 6.45) is 3.27. The fourth-order valence-electron chi connectivity index (χ4n) is 3.67. The van der Waals surface area contributed by atoms with Gasteiger partial charge in [-0.25, -0.2) is 0 Å². The van der Waals surface area contributed by atoms with Crippen molar-refractivity contribution in [3.05, 3.63) is 47.2 Å². The first-order chi connectivity index (χ1) is 15.3. The van der Waals surface area contributed by atoms with E-state index in [1.807, 2.05) is 33.8 Å². The van der Waals surface area contributed by atoms with Crippen molar-refractivity contribution in [1.82, 2.24) is 0 Å². The van der Waals surface area contributed by atoms with Gasteiger partial charge in [0.25, 0.3) is 0 Å². The van der Waals surface area contributed by atoms with Crippen LogP contribution in [0.3, 0.4) is 0 Å². The Morgan fingerprint density at radius 2 is 1.69 bits per heavy atom. The second-order valence-electron chi connectivity index (χ2n) is 7.34. The second-order valence-corrected chi connectivity index (χ2v) is 7.34. The number of anilines is 1. The summed E-state index contributed by atoms with van der Waals surface area (Å²) in [6.45, 7) is 8.27. The molecule has 0 bridgehead atoms. The SMILES string of the molecule is CCOc1c(/C(C)=C/C(=O)Nc2cc(OC)c(OC)c(OC)c2)cc2c(C)coc2c1C. The summed E-state index contributed by atoms with van der Waals surface area (Å²) in [4.78, 5) is 12.8. The number of hydrogen-bond acceptors (Lipinski definition) is 6. The summed E-state index contributed by atoms with van der Waals surface area (Å²) in [5.41, 5.74) is 4.87. The lowest BCUT2D eigenvalue weighted by Crippen LogP contribution is -2.09. The summed E-state index contributed by atoms with van der Waals surface area (Å²) in [7, 11) is 4.58. The third-order valence-electron chi connectivity index (χ3n) is 5.23. The molecule has 0 fully saturated rings. The molecule has 0 radical (unpaired) electrons. The van der Waals surface area contributed by atoms with Gasteiger partial charge in [0, 0.05) is 40.4 Å². The predicted molar refractivity (Wildman–Crippen MR) is 125 cm³/mol. The smallest absolute Gasteiger partial charge is 0.248 e. The Labute approximate surface area is 187 Å². The number of benzene rings is 2. The molecule has 0 aliphatic heterocycles. The van der Waals surface area contributed by atoms with Gasteiger partial charge in [0.1, 0.15) is 11.3 Å². The molecule has 1 N–H and O–H groups in total. The van der Waals surface area contributed by atoms with Crippen LogP contribution in [0.4, 0.5) is 5.69 Å². The Kier molecular flexibility index (Phi) is 6.98. The van der Waals surface area contributed by atoms with Crippen molar-refractivity contribution in [2.75, 3.05) is 33.3 Å². The Hall–Kier alpha value is -3.61. The van der Waals surface area contributed by atoms with Gasteiger partial charge < -0.3 is 28.7 Å². The van der Waals surface area contributed by atoms with Crippen LogP contribution < -0.4 is 24.3 Å². The highest BCUT2D eigenvalue weighted by Gasteiger charge is 2.18. The molecule has 3 rings (SSSR count). The van der Waals surface area contributed by atoms with E-state index in [9.17, 15) is 4.79 Å². The molecule has 1 aromatic heterocycles. The molecule has 1 amide bonds. The van der Waals surface area contributed by atoms with E-state index < -0.39 is 0 Å². The first-order valence-electron chi connectivity index (χ1n) is 10.3. The molecule has 0 aliphatic rings. The van der Waals surface area contributed by atoms with E-state index in [2.05, 4.69) is 5.32 Å². The van der Waals surface area contributed by atoms with Gasteiger partial charge in [0.15, 0.2) is 11.5 Å². The lowest BCUT2D eigenvalue weighted by molar-refractivity contribution is -0.111. The Balaban J connectivity index is 1.97. The number of methoxy groups -OCH3 is 3. The van der Waals surface area contributed by atoms with Crippen LogP contribution >= 0.6 is 0 Å². The number of carbonyl (C=O) groups excluding carboxylic acids is 1. The first-order valence-corrected chi connectivity index (χ1v) is 10.3. The minimum atomic E-state index is -0.291. The van der Waals surface area contributed by atoms with Gasteiger partial charge in [-0.3, -0.25) is 4.79 Å². The van der Waals surface area contributed by atoms with Crippen molar-refractivity contribution < 1.29 is 28.2 Å². The van der Waals surface area contributed by atoms with Crippen LogP contribution in [0.5, 0.6) is 23.0 Å². The van der Waals surface area contributed by atoms with Gasteiger partial charge in [-0.15, -0.1) is 0 Å². The van der Waals surface area contributed by atoms with Crippen LogP contribution in [0, 0.1) is 13.8 Å². The van der Waals surface area contributed by atoms with E-state index in [1.165, 1.54) is 21.3 Å². The van der Waals surface area contributed by atoms with Crippen LogP contribution in [-0.2, 0) is 4.79 Å². The molecular weight excluding hydrogens is 410 g/mol. The van der Waals surface area contributed by atoms with Crippen molar-refractivity contribution in [1.29, 1.82) is 0 Å². The minimum Gasteiger partial charge on any atom is -0.493 e. The summed E-state index contributed by atoms with van der Waals surface area (Å²) < 4.78 is 27.7. The first kappa shape index (κ1) is 23.1. The molecule has 2 aromatic carbocycles. The van der Waals surface area contributed by atoms with Gasteiger partial charge in [-0.2, -0.15) is 0 Å². The number of nitrogens with one attached hydrogen (secondary N) is 1. The average molecular weight is 440 g/mol. The molecule has 170 valence electrons. The molecule has 32 heavy (non-hydrogen) atoms. The van der Waals surface area contributed by atoms with Gasteiger partial charge in [0.05, 0.1) is 34.2 Å². The molecule has 0 spiro atoms. The fourth-order valence-corrected chi connectivity index (χ4v) is 3.67. The number of amides is 1. The fraction of sp³-hybridized carbons (Fsp3) is 0.320. The Morgan fingerprint density at radius 3 is 2.25 bits per heavy atom. The number of fused-ring (bicyclic) bond motifs is 1. The zero-order chi connectivity index (χ0) is 23.4.